The minimum Gasteiger partial charge on any atom is -0.368 e. The monoisotopic (exact) mass is 360 g/mol. The van der Waals surface area contributed by atoms with Crippen LogP contribution in [0.2, 0.25) is 5.02 Å². The largest absolute Gasteiger partial charge is 0.368 e. The fraction of sp³-hybridized carbons (Fsp3) is 0.389. The maximum atomic E-state index is 14.9. The molecule has 4 rings (SSSR count). The van der Waals surface area contributed by atoms with Gasteiger partial charge in [0.25, 0.3) is 5.91 Å². The Kier molecular flexibility index (Phi) is 3.51. The lowest BCUT2D eigenvalue weighted by Gasteiger charge is -2.40. The molecule has 0 radical (unpaired) electrons. The second-order valence-corrected chi connectivity index (χ2v) is 7.76. The van der Waals surface area contributed by atoms with Crippen LogP contribution in [0, 0.1) is 5.82 Å². The molecule has 1 fully saturated rings. The molecule has 1 aliphatic carbocycles. The first-order chi connectivity index (χ1) is 11.8. The molecule has 1 aromatic carbocycles. The van der Waals surface area contributed by atoms with Gasteiger partial charge in [0.15, 0.2) is 0 Å². The number of carbonyl (C=O) groups is 1. The number of nitrogens with zero attached hydrogens (tertiary/aromatic N) is 3. The average Bonchev–Trinajstić information content (AvgIpc) is 3.37. The molecule has 130 valence electrons. The lowest BCUT2D eigenvalue weighted by atomic mass is 9.77. The van der Waals surface area contributed by atoms with E-state index in [1.54, 1.807) is 11.0 Å². The average molecular weight is 361 g/mol. The summed E-state index contributed by atoms with van der Waals surface area (Å²) in [6.07, 6.45) is 3.38. The predicted molar refractivity (Wildman–Crippen MR) is 93.9 cm³/mol. The first kappa shape index (κ1) is 16.3. The van der Waals surface area contributed by atoms with Gasteiger partial charge in [0, 0.05) is 23.6 Å². The van der Waals surface area contributed by atoms with Crippen molar-refractivity contribution in [3.63, 3.8) is 0 Å². The topological polar surface area (TPSA) is 72.1 Å². The molecule has 5 nitrogen and oxygen atoms in total. The van der Waals surface area contributed by atoms with Crippen LogP contribution in [0.5, 0.6) is 0 Å². The van der Waals surface area contributed by atoms with Gasteiger partial charge in [0.2, 0.25) is 5.95 Å². The SMILES string of the molecule is CC1(C)CN(C2CC2)C(=O)c2c(F)cc(-c3nc(N)ncc3Cl)cc21. The van der Waals surface area contributed by atoms with Gasteiger partial charge in [-0.1, -0.05) is 25.4 Å². The Morgan fingerprint density at radius 2 is 2.08 bits per heavy atom. The second kappa shape index (κ2) is 5.39. The number of hydrogen-bond donors (Lipinski definition) is 1. The summed E-state index contributed by atoms with van der Waals surface area (Å²) in [5, 5.41) is 0.285. The summed E-state index contributed by atoms with van der Waals surface area (Å²) in [5.74, 6) is -0.717. The molecule has 1 amide bonds. The third-order valence-corrected chi connectivity index (χ3v) is 5.16. The van der Waals surface area contributed by atoms with E-state index in [0.29, 0.717) is 23.4 Å². The number of fused-ring (bicyclic) bond motifs is 1. The molecule has 1 aliphatic heterocycles. The number of carbonyl (C=O) groups excluding carboxylic acids is 1. The molecule has 7 heteroatoms. The molecule has 0 spiro atoms. The van der Waals surface area contributed by atoms with E-state index in [9.17, 15) is 9.18 Å². The molecule has 1 aromatic heterocycles. The van der Waals surface area contributed by atoms with Gasteiger partial charge < -0.3 is 10.6 Å². The van der Waals surface area contributed by atoms with Crippen molar-refractivity contribution in [1.82, 2.24) is 14.9 Å². The molecular formula is C18H18ClFN4O. The number of aromatic nitrogens is 2. The van der Waals surface area contributed by atoms with Crippen LogP contribution >= 0.6 is 11.6 Å². The van der Waals surface area contributed by atoms with Gasteiger partial charge in [-0.2, -0.15) is 0 Å². The van der Waals surface area contributed by atoms with Gasteiger partial charge in [-0.05, 0) is 30.5 Å². The zero-order chi connectivity index (χ0) is 17.9. The van der Waals surface area contributed by atoms with E-state index in [0.717, 1.165) is 12.8 Å². The van der Waals surface area contributed by atoms with Gasteiger partial charge in [0.1, 0.15) is 5.82 Å². The number of hydrogen-bond acceptors (Lipinski definition) is 4. The molecule has 25 heavy (non-hydrogen) atoms. The predicted octanol–water partition coefficient (Wildman–Crippen LogP) is 3.41. The number of nitrogens with two attached hydrogens (primary N) is 1. The van der Waals surface area contributed by atoms with Crippen molar-refractivity contribution in [3.05, 3.63) is 40.3 Å². The number of halogens is 2. The molecule has 2 N–H and O–H groups in total. The number of rotatable bonds is 2. The van der Waals surface area contributed by atoms with Crippen molar-refractivity contribution in [2.24, 2.45) is 0 Å². The Hall–Kier alpha value is -2.21. The van der Waals surface area contributed by atoms with Crippen molar-refractivity contribution in [2.45, 2.75) is 38.1 Å². The second-order valence-electron chi connectivity index (χ2n) is 7.35. The summed E-state index contributed by atoms with van der Waals surface area (Å²) in [6, 6.07) is 3.35. The quantitative estimate of drug-likeness (QED) is 0.890. The third-order valence-electron chi connectivity index (χ3n) is 4.88. The summed E-state index contributed by atoms with van der Waals surface area (Å²) >= 11 is 6.16. The lowest BCUT2D eigenvalue weighted by Crippen LogP contribution is -2.48. The van der Waals surface area contributed by atoms with Crippen LogP contribution in [0.4, 0.5) is 10.3 Å². The maximum Gasteiger partial charge on any atom is 0.257 e. The van der Waals surface area contributed by atoms with Crippen LogP contribution < -0.4 is 5.73 Å². The van der Waals surface area contributed by atoms with Crippen LogP contribution in [-0.2, 0) is 5.41 Å². The first-order valence-corrected chi connectivity index (χ1v) is 8.59. The smallest absolute Gasteiger partial charge is 0.257 e. The highest BCUT2D eigenvalue weighted by Crippen LogP contribution is 2.41. The van der Waals surface area contributed by atoms with Crippen molar-refractivity contribution < 1.29 is 9.18 Å². The summed E-state index contributed by atoms with van der Waals surface area (Å²) in [4.78, 5) is 22.6. The Balaban J connectivity index is 1.89. The van der Waals surface area contributed by atoms with E-state index >= 15 is 0 Å². The van der Waals surface area contributed by atoms with Crippen molar-refractivity contribution in [1.29, 1.82) is 0 Å². The Morgan fingerprint density at radius 1 is 1.36 bits per heavy atom. The number of anilines is 1. The van der Waals surface area contributed by atoms with Crippen LogP contribution in [0.3, 0.4) is 0 Å². The minimum atomic E-state index is -0.552. The highest BCUT2D eigenvalue weighted by atomic mass is 35.5. The standard InChI is InChI=1S/C18H18ClFN4O/c1-18(2)8-24(10-3-4-10)16(25)14-11(18)5-9(6-13(14)20)15-12(19)7-22-17(21)23-15/h5-7,10H,3-4,8H2,1-2H3,(H2,21,22,23). The van der Waals surface area contributed by atoms with Crippen molar-refractivity contribution in [2.75, 3.05) is 12.3 Å². The summed E-state index contributed by atoms with van der Waals surface area (Å²) in [7, 11) is 0. The van der Waals surface area contributed by atoms with E-state index in [-0.39, 0.29) is 33.9 Å². The number of amides is 1. The normalized spacial score (nSPS) is 19.0. The van der Waals surface area contributed by atoms with Gasteiger partial charge in [0.05, 0.1) is 22.5 Å². The molecule has 0 saturated heterocycles. The molecule has 0 bridgehead atoms. The Bertz CT molecular complexity index is 895. The third kappa shape index (κ3) is 2.65. The van der Waals surface area contributed by atoms with Gasteiger partial charge >= 0.3 is 0 Å². The van der Waals surface area contributed by atoms with Gasteiger partial charge in [-0.25, -0.2) is 14.4 Å². The first-order valence-electron chi connectivity index (χ1n) is 8.21. The molecule has 2 heterocycles. The molecule has 0 unspecified atom stereocenters. The van der Waals surface area contributed by atoms with Crippen LogP contribution in [-0.4, -0.2) is 33.4 Å². The minimum absolute atomic E-state index is 0.0628. The van der Waals surface area contributed by atoms with E-state index < -0.39 is 5.82 Å². The van der Waals surface area contributed by atoms with Crippen LogP contribution in [0.25, 0.3) is 11.3 Å². The van der Waals surface area contributed by atoms with E-state index in [1.165, 1.54) is 12.3 Å². The summed E-state index contributed by atoms with van der Waals surface area (Å²) < 4.78 is 14.9. The maximum absolute atomic E-state index is 14.9. The fourth-order valence-electron chi connectivity index (χ4n) is 3.49. The zero-order valence-electron chi connectivity index (χ0n) is 14.0. The van der Waals surface area contributed by atoms with Crippen molar-refractivity contribution in [3.8, 4) is 11.3 Å². The molecule has 2 aromatic rings. The zero-order valence-corrected chi connectivity index (χ0v) is 14.8. The molecule has 0 atom stereocenters. The van der Waals surface area contributed by atoms with Crippen molar-refractivity contribution >= 4 is 23.5 Å². The van der Waals surface area contributed by atoms with Gasteiger partial charge in [-0.15, -0.1) is 0 Å². The molecule has 1 saturated carbocycles. The van der Waals surface area contributed by atoms with E-state index in [1.807, 2.05) is 13.8 Å². The van der Waals surface area contributed by atoms with Gasteiger partial charge in [-0.3, -0.25) is 4.79 Å². The highest BCUT2D eigenvalue weighted by Gasteiger charge is 2.44. The molecule has 2 aliphatic rings. The van der Waals surface area contributed by atoms with Crippen LogP contribution in [0.15, 0.2) is 18.3 Å². The Morgan fingerprint density at radius 3 is 2.76 bits per heavy atom. The molecular weight excluding hydrogens is 343 g/mol. The lowest BCUT2D eigenvalue weighted by molar-refractivity contribution is 0.0666. The number of benzene rings is 1. The van der Waals surface area contributed by atoms with Crippen LogP contribution in [0.1, 0.15) is 42.6 Å². The summed E-state index contributed by atoms with van der Waals surface area (Å²) in [5.41, 5.74) is 6.97. The van der Waals surface area contributed by atoms with E-state index in [4.69, 9.17) is 17.3 Å². The fourth-order valence-corrected chi connectivity index (χ4v) is 3.69. The summed E-state index contributed by atoms with van der Waals surface area (Å²) in [6.45, 7) is 4.62. The van der Waals surface area contributed by atoms with E-state index in [2.05, 4.69) is 9.97 Å². The Labute approximate surface area is 150 Å². The number of nitrogen functional groups attached to an aromatic ring is 1. The highest BCUT2D eigenvalue weighted by molar-refractivity contribution is 6.32.